The average molecular weight is 367 g/mol. The Labute approximate surface area is 156 Å². The summed E-state index contributed by atoms with van der Waals surface area (Å²) in [5, 5.41) is 14.0. The van der Waals surface area contributed by atoms with Crippen LogP contribution in [0.4, 0.5) is 0 Å². The Morgan fingerprint density at radius 3 is 2.52 bits per heavy atom. The molecule has 3 N–H and O–H groups in total. The molecule has 1 atom stereocenters. The van der Waals surface area contributed by atoms with Gasteiger partial charge in [-0.2, -0.15) is 5.10 Å². The van der Waals surface area contributed by atoms with E-state index in [1.54, 1.807) is 15.4 Å². The molecular weight excluding hydrogens is 346 g/mol. The molecule has 0 saturated carbocycles. The topological polar surface area (TPSA) is 116 Å². The standard InChI is InChI=1S/C19H21N5O3/c1-12-14(10-22-23(12)2)18-17(13-6-4-3-5-7-13)21-11-24(18)15(19(26)27)8-9-16(20)25/h3-7,10-11,15H,8-9H2,1-2H3,(H2,20,25)(H,26,27)/t15-/m0/s1. The molecule has 0 unspecified atom stereocenters. The first-order valence-electron chi connectivity index (χ1n) is 8.52. The minimum absolute atomic E-state index is 0.0265. The number of rotatable bonds is 7. The van der Waals surface area contributed by atoms with Gasteiger partial charge in [-0.25, -0.2) is 9.78 Å². The predicted molar refractivity (Wildman–Crippen MR) is 99.7 cm³/mol. The van der Waals surface area contributed by atoms with Crippen LogP contribution in [0.1, 0.15) is 24.6 Å². The van der Waals surface area contributed by atoms with E-state index in [1.165, 1.54) is 6.33 Å². The van der Waals surface area contributed by atoms with Crippen LogP contribution in [-0.2, 0) is 16.6 Å². The number of hydrogen-bond acceptors (Lipinski definition) is 4. The molecule has 8 nitrogen and oxygen atoms in total. The zero-order valence-corrected chi connectivity index (χ0v) is 15.2. The van der Waals surface area contributed by atoms with Gasteiger partial charge in [0.1, 0.15) is 6.04 Å². The number of carboxylic acids is 1. The second kappa shape index (κ2) is 7.45. The minimum atomic E-state index is -1.05. The summed E-state index contributed by atoms with van der Waals surface area (Å²) in [6.07, 6.45) is 3.26. The van der Waals surface area contributed by atoms with E-state index in [4.69, 9.17) is 5.73 Å². The van der Waals surface area contributed by atoms with Gasteiger partial charge in [0, 0.05) is 30.3 Å². The van der Waals surface area contributed by atoms with Crippen molar-refractivity contribution < 1.29 is 14.7 Å². The lowest BCUT2D eigenvalue weighted by molar-refractivity contribution is -0.141. The second-order valence-electron chi connectivity index (χ2n) is 6.34. The third-order valence-corrected chi connectivity index (χ3v) is 4.62. The number of aryl methyl sites for hydroxylation is 1. The summed E-state index contributed by atoms with van der Waals surface area (Å²) < 4.78 is 3.32. The van der Waals surface area contributed by atoms with Gasteiger partial charge in [0.2, 0.25) is 5.91 Å². The van der Waals surface area contributed by atoms with Gasteiger partial charge < -0.3 is 15.4 Å². The molecule has 0 spiro atoms. The fourth-order valence-electron chi connectivity index (χ4n) is 3.06. The number of nitrogens with two attached hydrogens (primary N) is 1. The lowest BCUT2D eigenvalue weighted by Gasteiger charge is -2.17. The molecule has 1 amide bonds. The van der Waals surface area contributed by atoms with Gasteiger partial charge in [-0.15, -0.1) is 0 Å². The van der Waals surface area contributed by atoms with E-state index in [-0.39, 0.29) is 12.8 Å². The number of carbonyl (C=O) groups is 2. The molecule has 2 aromatic heterocycles. The van der Waals surface area contributed by atoms with Crippen LogP contribution >= 0.6 is 0 Å². The number of primary amides is 1. The molecule has 0 aliphatic heterocycles. The average Bonchev–Trinajstić information content (AvgIpc) is 3.19. The van der Waals surface area contributed by atoms with Crippen LogP contribution in [0.15, 0.2) is 42.9 Å². The highest BCUT2D eigenvalue weighted by molar-refractivity contribution is 5.82. The first-order valence-corrected chi connectivity index (χ1v) is 8.52. The molecular formula is C19H21N5O3. The molecule has 0 aliphatic carbocycles. The highest BCUT2D eigenvalue weighted by Gasteiger charge is 2.27. The number of benzene rings is 1. The van der Waals surface area contributed by atoms with E-state index < -0.39 is 17.9 Å². The van der Waals surface area contributed by atoms with Gasteiger partial charge in [-0.1, -0.05) is 30.3 Å². The Bertz CT molecular complexity index is 975. The highest BCUT2D eigenvalue weighted by Crippen LogP contribution is 2.35. The van der Waals surface area contributed by atoms with Crippen molar-refractivity contribution in [2.45, 2.75) is 25.8 Å². The van der Waals surface area contributed by atoms with Crippen LogP contribution in [0.25, 0.3) is 22.5 Å². The summed E-state index contributed by atoms with van der Waals surface area (Å²) >= 11 is 0. The predicted octanol–water partition coefficient (Wildman–Crippen LogP) is 2.15. The van der Waals surface area contributed by atoms with E-state index in [0.717, 1.165) is 16.8 Å². The van der Waals surface area contributed by atoms with Gasteiger partial charge in [0.05, 0.1) is 23.9 Å². The zero-order valence-electron chi connectivity index (χ0n) is 15.2. The van der Waals surface area contributed by atoms with E-state index in [2.05, 4.69) is 10.1 Å². The van der Waals surface area contributed by atoms with Crippen molar-refractivity contribution in [2.75, 3.05) is 0 Å². The van der Waals surface area contributed by atoms with E-state index in [0.29, 0.717) is 11.4 Å². The smallest absolute Gasteiger partial charge is 0.326 e. The molecule has 2 heterocycles. The van der Waals surface area contributed by atoms with Crippen molar-refractivity contribution in [3.8, 4) is 22.5 Å². The SMILES string of the molecule is Cc1c(-c2c(-c3ccccc3)ncn2[C@@H](CCC(N)=O)C(=O)O)cnn1C. The zero-order chi connectivity index (χ0) is 19.6. The summed E-state index contributed by atoms with van der Waals surface area (Å²) in [6, 6.07) is 8.58. The molecule has 0 aliphatic rings. The Morgan fingerprint density at radius 1 is 1.26 bits per heavy atom. The van der Waals surface area contributed by atoms with Gasteiger partial charge >= 0.3 is 5.97 Å². The first-order chi connectivity index (χ1) is 12.9. The van der Waals surface area contributed by atoms with Gasteiger partial charge in [-0.3, -0.25) is 9.48 Å². The maximum Gasteiger partial charge on any atom is 0.326 e. The molecule has 3 rings (SSSR count). The second-order valence-corrected chi connectivity index (χ2v) is 6.34. The van der Waals surface area contributed by atoms with E-state index in [1.807, 2.05) is 44.3 Å². The van der Waals surface area contributed by atoms with Crippen LogP contribution < -0.4 is 5.73 Å². The molecule has 8 heteroatoms. The monoisotopic (exact) mass is 367 g/mol. The number of nitrogens with zero attached hydrogens (tertiary/aromatic N) is 4. The number of carboxylic acid groups (broad SMARTS) is 1. The summed E-state index contributed by atoms with van der Waals surface area (Å²) in [4.78, 5) is 27.6. The van der Waals surface area contributed by atoms with Crippen molar-refractivity contribution in [3.05, 3.63) is 48.5 Å². The van der Waals surface area contributed by atoms with E-state index in [9.17, 15) is 14.7 Å². The third kappa shape index (κ3) is 3.59. The minimum Gasteiger partial charge on any atom is -0.480 e. The lowest BCUT2D eigenvalue weighted by atomic mass is 10.0. The van der Waals surface area contributed by atoms with Crippen molar-refractivity contribution >= 4 is 11.9 Å². The molecule has 0 bridgehead atoms. The maximum absolute atomic E-state index is 11.9. The van der Waals surface area contributed by atoms with Gasteiger partial charge in [0.15, 0.2) is 0 Å². The van der Waals surface area contributed by atoms with Crippen LogP contribution in [-0.4, -0.2) is 36.3 Å². The molecule has 0 saturated heterocycles. The Balaban J connectivity index is 2.19. The summed E-state index contributed by atoms with van der Waals surface area (Å²) in [7, 11) is 1.82. The van der Waals surface area contributed by atoms with Crippen LogP contribution in [0.2, 0.25) is 0 Å². The summed E-state index contributed by atoms with van der Waals surface area (Å²) in [6.45, 7) is 1.91. The lowest BCUT2D eigenvalue weighted by Crippen LogP contribution is -2.22. The fraction of sp³-hybridized carbons (Fsp3) is 0.263. The van der Waals surface area contributed by atoms with E-state index >= 15 is 0 Å². The molecule has 0 radical (unpaired) electrons. The van der Waals surface area contributed by atoms with Crippen molar-refractivity contribution in [1.29, 1.82) is 0 Å². The highest BCUT2D eigenvalue weighted by atomic mass is 16.4. The molecule has 140 valence electrons. The van der Waals surface area contributed by atoms with Crippen molar-refractivity contribution in [2.24, 2.45) is 12.8 Å². The number of carbonyl (C=O) groups excluding carboxylic acids is 1. The molecule has 27 heavy (non-hydrogen) atoms. The Morgan fingerprint density at radius 2 is 1.96 bits per heavy atom. The Hall–Kier alpha value is -3.42. The number of imidazole rings is 1. The van der Waals surface area contributed by atoms with Crippen molar-refractivity contribution in [3.63, 3.8) is 0 Å². The van der Waals surface area contributed by atoms with Gasteiger partial charge in [0.25, 0.3) is 0 Å². The van der Waals surface area contributed by atoms with Crippen LogP contribution in [0.5, 0.6) is 0 Å². The number of amides is 1. The largest absolute Gasteiger partial charge is 0.480 e. The van der Waals surface area contributed by atoms with Crippen LogP contribution in [0.3, 0.4) is 0 Å². The van der Waals surface area contributed by atoms with Crippen molar-refractivity contribution in [1.82, 2.24) is 19.3 Å². The molecule has 1 aromatic carbocycles. The number of aliphatic carboxylic acids is 1. The maximum atomic E-state index is 11.9. The fourth-order valence-corrected chi connectivity index (χ4v) is 3.06. The third-order valence-electron chi connectivity index (χ3n) is 4.62. The Kier molecular flexibility index (Phi) is 5.07. The molecule has 0 fully saturated rings. The van der Waals surface area contributed by atoms with Gasteiger partial charge in [-0.05, 0) is 13.3 Å². The normalized spacial score (nSPS) is 12.1. The first kappa shape index (κ1) is 18.4. The number of aromatic nitrogens is 4. The quantitative estimate of drug-likeness (QED) is 0.664. The summed E-state index contributed by atoms with van der Waals surface area (Å²) in [5.74, 6) is -1.58. The number of hydrogen-bond donors (Lipinski definition) is 2. The van der Waals surface area contributed by atoms with Crippen LogP contribution in [0, 0.1) is 6.92 Å². The summed E-state index contributed by atoms with van der Waals surface area (Å²) in [5.41, 5.74) is 9.08. The molecule has 3 aromatic rings.